The number of fused-ring (bicyclic) bond motifs is 1. The van der Waals surface area contributed by atoms with Gasteiger partial charge < -0.3 is 14.6 Å². The summed E-state index contributed by atoms with van der Waals surface area (Å²) >= 11 is 0. The molecule has 0 unspecified atom stereocenters. The highest BCUT2D eigenvalue weighted by molar-refractivity contribution is 5.82. The first-order chi connectivity index (χ1) is 10.8. The number of nitrogens with zero attached hydrogens (tertiary/aromatic N) is 2. The number of aromatic nitrogens is 1. The number of amides is 1. The number of rotatable bonds is 5. The van der Waals surface area contributed by atoms with Gasteiger partial charge in [0.15, 0.2) is 0 Å². The zero-order valence-corrected chi connectivity index (χ0v) is 13.0. The number of carbonyl (C=O) groups excluding carboxylic acids is 1. The van der Waals surface area contributed by atoms with Crippen molar-refractivity contribution in [3.8, 4) is 0 Å². The molecular weight excluding hydrogens is 282 g/mol. The van der Waals surface area contributed by atoms with E-state index in [1.807, 2.05) is 0 Å². The molecule has 3 heterocycles. The lowest BCUT2D eigenvalue weighted by molar-refractivity contribution is -0.126. The van der Waals surface area contributed by atoms with Gasteiger partial charge in [0.2, 0.25) is 5.91 Å². The summed E-state index contributed by atoms with van der Waals surface area (Å²) in [6.45, 7) is 3.59. The minimum atomic E-state index is -0.0875. The molecule has 6 nitrogen and oxygen atoms in total. The van der Waals surface area contributed by atoms with Crippen LogP contribution < -0.4 is 5.32 Å². The lowest BCUT2D eigenvalue weighted by Gasteiger charge is -2.27. The van der Waals surface area contributed by atoms with Gasteiger partial charge in [0.25, 0.3) is 0 Å². The Kier molecular flexibility index (Phi) is 3.66. The number of aryl methyl sites for hydroxylation is 1. The summed E-state index contributed by atoms with van der Waals surface area (Å²) in [6.07, 6.45) is 6.81. The molecule has 0 radical (unpaired) electrons. The van der Waals surface area contributed by atoms with Crippen LogP contribution in [0.2, 0.25) is 0 Å². The third kappa shape index (κ3) is 2.54. The maximum atomic E-state index is 12.6. The first kappa shape index (κ1) is 14.2. The van der Waals surface area contributed by atoms with Crippen molar-refractivity contribution in [2.45, 2.75) is 69.8 Å². The molecule has 1 N–H and O–H groups in total. The first-order valence-corrected chi connectivity index (χ1v) is 8.36. The SMILES string of the molecule is CCc1nocc1CN1[C@H](C(=O)NC2CC2)C[C@@H]2OCC[C@@H]21. The maximum absolute atomic E-state index is 12.6. The van der Waals surface area contributed by atoms with Crippen molar-refractivity contribution in [1.82, 2.24) is 15.4 Å². The highest BCUT2D eigenvalue weighted by Crippen LogP contribution is 2.35. The fourth-order valence-electron chi connectivity index (χ4n) is 3.74. The third-order valence-corrected chi connectivity index (χ3v) is 5.10. The number of likely N-dealkylation sites (tertiary alicyclic amines) is 1. The monoisotopic (exact) mass is 305 g/mol. The maximum Gasteiger partial charge on any atom is 0.237 e. The molecule has 0 spiro atoms. The van der Waals surface area contributed by atoms with Crippen molar-refractivity contribution >= 4 is 5.91 Å². The predicted molar refractivity (Wildman–Crippen MR) is 79.1 cm³/mol. The summed E-state index contributed by atoms with van der Waals surface area (Å²) in [4.78, 5) is 14.9. The molecule has 22 heavy (non-hydrogen) atoms. The summed E-state index contributed by atoms with van der Waals surface area (Å²) in [7, 11) is 0. The molecule has 2 saturated heterocycles. The molecule has 0 bridgehead atoms. The van der Waals surface area contributed by atoms with Crippen LogP contribution >= 0.6 is 0 Å². The van der Waals surface area contributed by atoms with Gasteiger partial charge in [-0.1, -0.05) is 12.1 Å². The number of hydrogen-bond acceptors (Lipinski definition) is 5. The van der Waals surface area contributed by atoms with Gasteiger partial charge in [-0.15, -0.1) is 0 Å². The Hall–Kier alpha value is -1.40. The van der Waals surface area contributed by atoms with E-state index in [9.17, 15) is 4.79 Å². The molecule has 120 valence electrons. The Bertz CT molecular complexity index is 555. The Morgan fingerprint density at radius 3 is 3.09 bits per heavy atom. The molecular formula is C16H23N3O3. The van der Waals surface area contributed by atoms with Crippen molar-refractivity contribution in [2.75, 3.05) is 6.61 Å². The molecule has 6 heteroatoms. The van der Waals surface area contributed by atoms with Crippen LogP contribution in [0.1, 0.15) is 43.9 Å². The summed E-state index contributed by atoms with van der Waals surface area (Å²) in [6, 6.07) is 0.655. The second kappa shape index (κ2) is 5.66. The minimum absolute atomic E-state index is 0.0875. The standard InChI is InChI=1S/C16H23N3O3/c1-2-12-10(9-22-18-12)8-19-13-5-6-21-15(13)7-14(19)16(20)17-11-3-4-11/h9,11,13-15H,2-8H2,1H3,(H,17,20)/t13-,14-,15-/m0/s1. The van der Waals surface area contributed by atoms with Crippen molar-refractivity contribution in [3.05, 3.63) is 17.5 Å². The summed E-state index contributed by atoms with van der Waals surface area (Å²) in [5.74, 6) is 0.162. The smallest absolute Gasteiger partial charge is 0.237 e. The van der Waals surface area contributed by atoms with Gasteiger partial charge in [-0.25, -0.2) is 0 Å². The number of nitrogens with one attached hydrogen (secondary N) is 1. The van der Waals surface area contributed by atoms with Crippen LogP contribution in [0.25, 0.3) is 0 Å². The highest BCUT2D eigenvalue weighted by atomic mass is 16.5. The number of hydrogen-bond donors (Lipinski definition) is 1. The summed E-state index contributed by atoms with van der Waals surface area (Å²) < 4.78 is 10.9. The van der Waals surface area contributed by atoms with Gasteiger partial charge in [0, 0.05) is 30.8 Å². The molecule has 0 aromatic carbocycles. The number of ether oxygens (including phenoxy) is 1. The lowest BCUT2D eigenvalue weighted by atomic mass is 10.1. The van der Waals surface area contributed by atoms with Gasteiger partial charge in [-0.3, -0.25) is 9.69 Å². The quantitative estimate of drug-likeness (QED) is 0.886. The van der Waals surface area contributed by atoms with Gasteiger partial charge in [-0.2, -0.15) is 0 Å². The van der Waals surface area contributed by atoms with Gasteiger partial charge >= 0.3 is 0 Å². The van der Waals surface area contributed by atoms with Crippen molar-refractivity contribution in [2.24, 2.45) is 0 Å². The zero-order chi connectivity index (χ0) is 15.1. The van der Waals surface area contributed by atoms with E-state index in [1.165, 1.54) is 0 Å². The predicted octanol–water partition coefficient (Wildman–Crippen LogP) is 1.25. The fraction of sp³-hybridized carbons (Fsp3) is 0.750. The van der Waals surface area contributed by atoms with E-state index in [0.717, 1.165) is 56.5 Å². The molecule has 2 aliphatic heterocycles. The molecule has 1 saturated carbocycles. The van der Waals surface area contributed by atoms with E-state index in [4.69, 9.17) is 9.26 Å². The Labute approximate surface area is 130 Å². The van der Waals surface area contributed by atoms with Crippen molar-refractivity contribution in [3.63, 3.8) is 0 Å². The van der Waals surface area contributed by atoms with Crippen LogP contribution in [0.3, 0.4) is 0 Å². The van der Waals surface area contributed by atoms with Gasteiger partial charge in [0.05, 0.1) is 17.8 Å². The van der Waals surface area contributed by atoms with E-state index in [-0.39, 0.29) is 18.1 Å². The third-order valence-electron chi connectivity index (χ3n) is 5.10. The lowest BCUT2D eigenvalue weighted by Crippen LogP contribution is -2.46. The van der Waals surface area contributed by atoms with Gasteiger partial charge in [-0.05, 0) is 32.1 Å². The van der Waals surface area contributed by atoms with Crippen LogP contribution in [0.4, 0.5) is 0 Å². The fourth-order valence-corrected chi connectivity index (χ4v) is 3.74. The Morgan fingerprint density at radius 1 is 1.45 bits per heavy atom. The van der Waals surface area contributed by atoms with E-state index in [0.29, 0.717) is 12.1 Å². The minimum Gasteiger partial charge on any atom is -0.376 e. The van der Waals surface area contributed by atoms with Crippen LogP contribution in [0.5, 0.6) is 0 Å². The Morgan fingerprint density at radius 2 is 2.32 bits per heavy atom. The van der Waals surface area contributed by atoms with E-state index < -0.39 is 0 Å². The molecule has 3 atom stereocenters. The van der Waals surface area contributed by atoms with Crippen molar-refractivity contribution in [1.29, 1.82) is 0 Å². The topological polar surface area (TPSA) is 67.6 Å². The van der Waals surface area contributed by atoms with Crippen LogP contribution in [-0.4, -0.2) is 46.8 Å². The van der Waals surface area contributed by atoms with Crippen LogP contribution in [0, 0.1) is 0 Å². The highest BCUT2D eigenvalue weighted by Gasteiger charge is 2.48. The molecule has 1 aromatic rings. The normalized spacial score (nSPS) is 31.4. The molecule has 3 fully saturated rings. The molecule has 1 aromatic heterocycles. The average Bonchev–Trinajstić information content (AvgIpc) is 2.93. The summed E-state index contributed by atoms with van der Waals surface area (Å²) in [5.41, 5.74) is 2.09. The van der Waals surface area contributed by atoms with Gasteiger partial charge in [0.1, 0.15) is 6.26 Å². The molecule has 1 amide bonds. The molecule has 3 aliphatic rings. The average molecular weight is 305 g/mol. The van der Waals surface area contributed by atoms with Crippen LogP contribution in [0.15, 0.2) is 10.8 Å². The molecule has 1 aliphatic carbocycles. The largest absolute Gasteiger partial charge is 0.376 e. The first-order valence-electron chi connectivity index (χ1n) is 8.36. The second-order valence-electron chi connectivity index (χ2n) is 6.61. The van der Waals surface area contributed by atoms with Crippen LogP contribution in [-0.2, 0) is 22.5 Å². The van der Waals surface area contributed by atoms with E-state index in [1.54, 1.807) is 6.26 Å². The Balaban J connectivity index is 1.53. The second-order valence-corrected chi connectivity index (χ2v) is 6.61. The zero-order valence-electron chi connectivity index (χ0n) is 13.0. The van der Waals surface area contributed by atoms with E-state index >= 15 is 0 Å². The summed E-state index contributed by atoms with van der Waals surface area (Å²) in [5, 5.41) is 7.21. The number of carbonyl (C=O) groups is 1. The molecule has 4 rings (SSSR count). The van der Waals surface area contributed by atoms with Crippen molar-refractivity contribution < 1.29 is 14.1 Å². The van der Waals surface area contributed by atoms with E-state index in [2.05, 4.69) is 22.3 Å².